The average molecular weight is 279 g/mol. The summed E-state index contributed by atoms with van der Waals surface area (Å²) in [6.07, 6.45) is 5.26. The van der Waals surface area contributed by atoms with E-state index >= 15 is 0 Å². The molecule has 0 aromatic carbocycles. The van der Waals surface area contributed by atoms with E-state index in [9.17, 15) is 8.42 Å². The van der Waals surface area contributed by atoms with Crippen LogP contribution in [0.5, 0.6) is 0 Å². The van der Waals surface area contributed by atoms with Crippen LogP contribution < -0.4 is 0 Å². The van der Waals surface area contributed by atoms with Crippen LogP contribution in [0, 0.1) is 0 Å². The highest BCUT2D eigenvalue weighted by Gasteiger charge is 2.39. The number of sulfonamides is 1. The van der Waals surface area contributed by atoms with Gasteiger partial charge in [0.1, 0.15) is 5.65 Å². The van der Waals surface area contributed by atoms with Crippen molar-refractivity contribution in [3.63, 3.8) is 0 Å². The molecule has 6 heteroatoms. The van der Waals surface area contributed by atoms with Gasteiger partial charge in [0.05, 0.1) is 23.7 Å². The van der Waals surface area contributed by atoms with Gasteiger partial charge in [-0.25, -0.2) is 13.4 Å². The molecular weight excluding hydrogens is 262 g/mol. The lowest BCUT2D eigenvalue weighted by molar-refractivity contribution is 0.417. The molecule has 19 heavy (non-hydrogen) atoms. The first-order chi connectivity index (χ1) is 9.13. The van der Waals surface area contributed by atoms with E-state index < -0.39 is 10.0 Å². The Morgan fingerprint density at radius 3 is 2.89 bits per heavy atom. The van der Waals surface area contributed by atoms with Crippen LogP contribution in [0.25, 0.3) is 5.65 Å². The number of nitrogens with zero attached hydrogens (tertiary/aromatic N) is 3. The summed E-state index contributed by atoms with van der Waals surface area (Å²) in [5.74, 6) is 0. The molecule has 1 aliphatic carbocycles. The van der Waals surface area contributed by atoms with Gasteiger partial charge in [0.25, 0.3) is 0 Å². The number of hydrogen-bond acceptors (Lipinski definition) is 3. The van der Waals surface area contributed by atoms with Gasteiger partial charge < -0.3 is 4.40 Å². The first-order valence-electron chi connectivity index (χ1n) is 6.53. The van der Waals surface area contributed by atoms with Crippen molar-refractivity contribution in [2.75, 3.05) is 6.54 Å². The molecule has 2 aromatic rings. The predicted molar refractivity (Wildman–Crippen MR) is 73.2 cm³/mol. The van der Waals surface area contributed by atoms with E-state index in [0.717, 1.165) is 24.2 Å². The molecule has 0 unspecified atom stereocenters. The Kier molecular flexibility index (Phi) is 3.06. The number of aromatic nitrogens is 2. The van der Waals surface area contributed by atoms with Crippen molar-refractivity contribution in [3.8, 4) is 0 Å². The molecule has 1 aliphatic rings. The summed E-state index contributed by atoms with van der Waals surface area (Å²) in [6.45, 7) is 2.77. The SMILES string of the molecule is CCN(Cc1cnc2ccccn12)S(=O)(=O)C1CC1. The highest BCUT2D eigenvalue weighted by molar-refractivity contribution is 7.90. The molecule has 5 nitrogen and oxygen atoms in total. The van der Waals surface area contributed by atoms with Crippen LogP contribution in [0.4, 0.5) is 0 Å². The Morgan fingerprint density at radius 1 is 1.42 bits per heavy atom. The molecule has 102 valence electrons. The van der Waals surface area contributed by atoms with E-state index in [1.54, 1.807) is 10.5 Å². The van der Waals surface area contributed by atoms with Crippen LogP contribution >= 0.6 is 0 Å². The maximum atomic E-state index is 12.3. The summed E-state index contributed by atoms with van der Waals surface area (Å²) in [7, 11) is -3.13. The number of rotatable bonds is 5. The monoisotopic (exact) mass is 279 g/mol. The van der Waals surface area contributed by atoms with E-state index in [2.05, 4.69) is 4.98 Å². The van der Waals surface area contributed by atoms with Crippen molar-refractivity contribution in [2.45, 2.75) is 31.6 Å². The van der Waals surface area contributed by atoms with Crippen molar-refractivity contribution in [3.05, 3.63) is 36.3 Å². The molecular formula is C13H17N3O2S. The molecule has 0 spiro atoms. The highest BCUT2D eigenvalue weighted by atomic mass is 32.2. The quantitative estimate of drug-likeness (QED) is 0.836. The summed E-state index contributed by atoms with van der Waals surface area (Å²) in [5.41, 5.74) is 1.75. The Labute approximate surface area is 112 Å². The summed E-state index contributed by atoms with van der Waals surface area (Å²) < 4.78 is 28.1. The maximum Gasteiger partial charge on any atom is 0.217 e. The van der Waals surface area contributed by atoms with Gasteiger partial charge in [-0.15, -0.1) is 0 Å². The summed E-state index contributed by atoms with van der Waals surface area (Å²) >= 11 is 0. The number of pyridine rings is 1. The van der Waals surface area contributed by atoms with Crippen molar-refractivity contribution < 1.29 is 8.42 Å². The second kappa shape index (κ2) is 4.61. The Bertz CT molecular complexity index is 689. The summed E-state index contributed by atoms with van der Waals surface area (Å²) in [5, 5.41) is -0.161. The minimum atomic E-state index is -3.13. The Hall–Kier alpha value is -1.40. The minimum Gasteiger partial charge on any atom is -0.303 e. The minimum absolute atomic E-state index is 0.161. The third-order valence-electron chi connectivity index (χ3n) is 3.49. The van der Waals surface area contributed by atoms with Gasteiger partial charge in [-0.2, -0.15) is 4.31 Å². The molecule has 0 saturated heterocycles. The highest BCUT2D eigenvalue weighted by Crippen LogP contribution is 2.31. The van der Waals surface area contributed by atoms with Crippen LogP contribution in [0.15, 0.2) is 30.6 Å². The average Bonchev–Trinajstić information content (AvgIpc) is 3.19. The van der Waals surface area contributed by atoms with E-state index in [1.807, 2.05) is 35.7 Å². The summed E-state index contributed by atoms with van der Waals surface area (Å²) in [4.78, 5) is 4.29. The molecule has 0 bridgehead atoms. The third-order valence-corrected chi connectivity index (χ3v) is 5.91. The van der Waals surface area contributed by atoms with Gasteiger partial charge in [-0.1, -0.05) is 13.0 Å². The molecule has 0 N–H and O–H groups in total. The molecule has 1 fully saturated rings. The zero-order chi connectivity index (χ0) is 13.5. The van der Waals surface area contributed by atoms with Crippen molar-refractivity contribution >= 4 is 15.7 Å². The lowest BCUT2D eigenvalue weighted by atomic mass is 10.4. The second-order valence-corrected chi connectivity index (χ2v) is 7.06. The molecule has 0 aliphatic heterocycles. The van der Waals surface area contributed by atoms with Crippen molar-refractivity contribution in [2.24, 2.45) is 0 Å². The Morgan fingerprint density at radius 2 is 2.21 bits per heavy atom. The van der Waals surface area contributed by atoms with E-state index in [4.69, 9.17) is 0 Å². The smallest absolute Gasteiger partial charge is 0.217 e. The first-order valence-corrected chi connectivity index (χ1v) is 8.03. The van der Waals surface area contributed by atoms with E-state index in [-0.39, 0.29) is 5.25 Å². The largest absolute Gasteiger partial charge is 0.303 e. The molecule has 0 radical (unpaired) electrons. The van der Waals surface area contributed by atoms with E-state index in [1.165, 1.54) is 0 Å². The fourth-order valence-corrected chi connectivity index (χ4v) is 4.07. The zero-order valence-corrected chi connectivity index (χ0v) is 11.7. The van der Waals surface area contributed by atoms with Crippen LogP contribution in [0.1, 0.15) is 25.5 Å². The van der Waals surface area contributed by atoms with E-state index in [0.29, 0.717) is 13.1 Å². The third kappa shape index (κ3) is 2.26. The number of imidazole rings is 1. The molecule has 2 aromatic heterocycles. The van der Waals surface area contributed by atoms with Gasteiger partial charge in [0.2, 0.25) is 10.0 Å². The van der Waals surface area contributed by atoms with Crippen molar-refractivity contribution in [1.29, 1.82) is 0 Å². The van der Waals surface area contributed by atoms with Crippen molar-refractivity contribution in [1.82, 2.24) is 13.7 Å². The zero-order valence-electron chi connectivity index (χ0n) is 10.9. The topological polar surface area (TPSA) is 54.7 Å². The molecule has 2 heterocycles. The van der Waals surface area contributed by atoms with Gasteiger partial charge >= 0.3 is 0 Å². The van der Waals surface area contributed by atoms with Crippen LogP contribution in [-0.4, -0.2) is 33.9 Å². The van der Waals surface area contributed by atoms with Gasteiger partial charge in [-0.3, -0.25) is 0 Å². The fourth-order valence-electron chi connectivity index (χ4n) is 2.24. The van der Waals surface area contributed by atoms with Crippen LogP contribution in [-0.2, 0) is 16.6 Å². The molecule has 0 atom stereocenters. The molecule has 0 amide bonds. The van der Waals surface area contributed by atoms with Crippen LogP contribution in [0.2, 0.25) is 0 Å². The summed E-state index contributed by atoms with van der Waals surface area (Å²) in [6, 6.07) is 5.75. The van der Waals surface area contributed by atoms with Gasteiger partial charge in [-0.05, 0) is 25.0 Å². The number of fused-ring (bicyclic) bond motifs is 1. The standard InChI is InChI=1S/C13H17N3O2S/c1-2-15(19(17,18)12-6-7-12)10-11-9-14-13-5-3-4-8-16(11)13/h3-5,8-9,12H,2,6-7,10H2,1H3. The van der Waals surface area contributed by atoms with Crippen LogP contribution in [0.3, 0.4) is 0 Å². The lowest BCUT2D eigenvalue weighted by Crippen LogP contribution is -2.33. The van der Waals surface area contributed by atoms with Gasteiger partial charge in [0, 0.05) is 12.7 Å². The second-order valence-electron chi connectivity index (χ2n) is 4.85. The number of hydrogen-bond donors (Lipinski definition) is 0. The maximum absolute atomic E-state index is 12.3. The first kappa shape index (κ1) is 12.6. The normalized spacial score (nSPS) is 16.3. The van der Waals surface area contributed by atoms with Gasteiger partial charge in [0.15, 0.2) is 0 Å². The predicted octanol–water partition coefficient (Wildman–Crippen LogP) is 1.65. The lowest BCUT2D eigenvalue weighted by Gasteiger charge is -2.19. The molecule has 1 saturated carbocycles. The fraction of sp³-hybridized carbons (Fsp3) is 0.462. The molecule has 3 rings (SSSR count). The Balaban J connectivity index is 1.91.